The van der Waals surface area contributed by atoms with E-state index < -0.39 is 0 Å². The van der Waals surface area contributed by atoms with E-state index in [-0.39, 0.29) is 6.42 Å². The Bertz CT molecular complexity index is 437. The summed E-state index contributed by atoms with van der Waals surface area (Å²) in [4.78, 5) is 0. The lowest BCUT2D eigenvalue weighted by Crippen LogP contribution is -2.16. The zero-order chi connectivity index (χ0) is 10.8. The normalized spacial score (nSPS) is 13.4. The molecule has 1 aromatic rings. The van der Waals surface area contributed by atoms with Gasteiger partial charge in [-0.3, -0.25) is 0 Å². The first-order valence-corrected chi connectivity index (χ1v) is 5.06. The number of ether oxygens (including phenoxy) is 2. The molecule has 0 radical (unpaired) electrons. The summed E-state index contributed by atoms with van der Waals surface area (Å²) in [6.07, 6.45) is 0.288. The Morgan fingerprint density at radius 3 is 2.93 bits per heavy atom. The number of hydrogen-bond donors (Lipinski definition) is 0. The van der Waals surface area contributed by atoms with Gasteiger partial charge in [0, 0.05) is 5.56 Å². The molecule has 0 atom stereocenters. The largest absolute Gasteiger partial charge is 0.486 e. The highest BCUT2D eigenvalue weighted by Crippen LogP contribution is 2.39. The summed E-state index contributed by atoms with van der Waals surface area (Å²) in [6.45, 7) is 2.96. The summed E-state index contributed by atoms with van der Waals surface area (Å²) in [7, 11) is 0. The average Bonchev–Trinajstić information content (AvgIpc) is 2.26. The molecule has 0 N–H and O–H groups in total. The van der Waals surface area contributed by atoms with Crippen LogP contribution in [0.3, 0.4) is 0 Å². The maximum absolute atomic E-state index is 8.66. The minimum Gasteiger partial charge on any atom is -0.486 e. The molecule has 0 bridgehead atoms. The summed E-state index contributed by atoms with van der Waals surface area (Å²) in [6, 6.07) is 3.86. The molecule has 0 spiro atoms. The van der Waals surface area contributed by atoms with Crippen LogP contribution in [0.5, 0.6) is 11.5 Å². The van der Waals surface area contributed by atoms with Gasteiger partial charge in [-0.15, -0.1) is 0 Å². The van der Waals surface area contributed by atoms with Crippen molar-refractivity contribution in [2.75, 3.05) is 13.2 Å². The lowest BCUT2D eigenvalue weighted by molar-refractivity contribution is 0.170. The van der Waals surface area contributed by atoms with E-state index in [1.165, 1.54) is 0 Å². The van der Waals surface area contributed by atoms with Crippen molar-refractivity contribution < 1.29 is 9.47 Å². The fraction of sp³-hybridized carbons (Fsp3) is 0.364. The Hall–Kier alpha value is -1.40. The first kappa shape index (κ1) is 10.1. The monoisotopic (exact) mass is 223 g/mol. The van der Waals surface area contributed by atoms with E-state index in [9.17, 15) is 0 Å². The van der Waals surface area contributed by atoms with Crippen LogP contribution in [0.4, 0.5) is 0 Å². The molecule has 1 heterocycles. The Kier molecular flexibility index (Phi) is 2.70. The van der Waals surface area contributed by atoms with Gasteiger partial charge < -0.3 is 9.47 Å². The Morgan fingerprint density at radius 2 is 2.20 bits per heavy atom. The molecule has 1 aromatic carbocycles. The van der Waals surface area contributed by atoms with Crippen molar-refractivity contribution in [2.24, 2.45) is 0 Å². The van der Waals surface area contributed by atoms with Gasteiger partial charge in [-0.05, 0) is 18.6 Å². The smallest absolute Gasteiger partial charge is 0.165 e. The SMILES string of the molecule is Cc1c(Cl)c(CC#N)cc2c1OCCO2. The summed E-state index contributed by atoms with van der Waals surface area (Å²) in [5.41, 5.74) is 1.64. The molecule has 4 heteroatoms. The fourth-order valence-corrected chi connectivity index (χ4v) is 1.82. The molecule has 78 valence electrons. The van der Waals surface area contributed by atoms with E-state index in [0.29, 0.717) is 29.7 Å². The van der Waals surface area contributed by atoms with Gasteiger partial charge in [0.25, 0.3) is 0 Å². The minimum absolute atomic E-state index is 0.288. The number of benzene rings is 1. The molecule has 3 nitrogen and oxygen atoms in total. The van der Waals surface area contributed by atoms with Crippen LogP contribution < -0.4 is 9.47 Å². The van der Waals surface area contributed by atoms with Crippen LogP contribution in [0.15, 0.2) is 6.07 Å². The van der Waals surface area contributed by atoms with Crippen LogP contribution in [-0.2, 0) is 6.42 Å². The number of rotatable bonds is 1. The summed E-state index contributed by atoms with van der Waals surface area (Å²) >= 11 is 6.12. The molecule has 0 aliphatic carbocycles. The van der Waals surface area contributed by atoms with E-state index in [2.05, 4.69) is 6.07 Å². The van der Waals surface area contributed by atoms with E-state index in [1.54, 1.807) is 6.07 Å². The number of nitrogens with zero attached hydrogens (tertiary/aromatic N) is 1. The first-order valence-electron chi connectivity index (χ1n) is 4.68. The van der Waals surface area contributed by atoms with E-state index in [4.69, 9.17) is 26.3 Å². The molecule has 0 amide bonds. The lowest BCUT2D eigenvalue weighted by Gasteiger charge is -2.21. The van der Waals surface area contributed by atoms with Crippen molar-refractivity contribution in [1.82, 2.24) is 0 Å². The van der Waals surface area contributed by atoms with Crippen LogP contribution in [-0.4, -0.2) is 13.2 Å². The molecule has 15 heavy (non-hydrogen) atoms. The van der Waals surface area contributed by atoms with Gasteiger partial charge in [-0.25, -0.2) is 0 Å². The maximum atomic E-state index is 8.66. The van der Waals surface area contributed by atoms with Crippen molar-refractivity contribution in [3.63, 3.8) is 0 Å². The predicted octanol–water partition coefficient (Wildman–Crippen LogP) is 2.49. The number of nitriles is 1. The molecule has 0 unspecified atom stereocenters. The quantitative estimate of drug-likeness (QED) is 0.735. The standard InChI is InChI=1S/C11H10ClNO2/c1-7-10(12)8(2-3-13)6-9-11(7)15-5-4-14-9/h6H,2,4-5H2,1H3. The third kappa shape index (κ3) is 1.73. The second-order valence-corrected chi connectivity index (χ2v) is 3.71. The number of hydrogen-bond acceptors (Lipinski definition) is 3. The average molecular weight is 224 g/mol. The van der Waals surface area contributed by atoms with Gasteiger partial charge in [0.1, 0.15) is 13.2 Å². The highest BCUT2D eigenvalue weighted by Gasteiger charge is 2.19. The van der Waals surface area contributed by atoms with Crippen LogP contribution in [0.25, 0.3) is 0 Å². The van der Waals surface area contributed by atoms with Gasteiger partial charge >= 0.3 is 0 Å². The van der Waals surface area contributed by atoms with Crippen molar-refractivity contribution in [3.8, 4) is 17.6 Å². The number of halogens is 1. The molecule has 1 aliphatic heterocycles. The Morgan fingerprint density at radius 1 is 1.47 bits per heavy atom. The van der Waals surface area contributed by atoms with Crippen molar-refractivity contribution >= 4 is 11.6 Å². The van der Waals surface area contributed by atoms with Crippen LogP contribution >= 0.6 is 11.6 Å². The van der Waals surface area contributed by atoms with Gasteiger partial charge in [0.15, 0.2) is 11.5 Å². The molecule has 0 fully saturated rings. The van der Waals surface area contributed by atoms with Crippen molar-refractivity contribution in [3.05, 3.63) is 22.2 Å². The van der Waals surface area contributed by atoms with Crippen LogP contribution in [0, 0.1) is 18.3 Å². The molecular weight excluding hydrogens is 214 g/mol. The van der Waals surface area contributed by atoms with Crippen molar-refractivity contribution in [2.45, 2.75) is 13.3 Å². The Balaban J connectivity index is 2.53. The molecule has 0 saturated carbocycles. The van der Waals surface area contributed by atoms with Crippen LogP contribution in [0.1, 0.15) is 11.1 Å². The topological polar surface area (TPSA) is 42.2 Å². The highest BCUT2D eigenvalue weighted by molar-refractivity contribution is 6.32. The molecule has 0 saturated heterocycles. The van der Waals surface area contributed by atoms with Gasteiger partial charge in [0.2, 0.25) is 0 Å². The van der Waals surface area contributed by atoms with Crippen molar-refractivity contribution in [1.29, 1.82) is 5.26 Å². The minimum atomic E-state index is 0.288. The molecule has 2 rings (SSSR count). The molecule has 0 aromatic heterocycles. The van der Waals surface area contributed by atoms with Gasteiger partial charge in [0.05, 0.1) is 17.5 Å². The first-order chi connectivity index (χ1) is 7.24. The summed E-state index contributed by atoms with van der Waals surface area (Å²) in [5, 5.41) is 9.26. The highest BCUT2D eigenvalue weighted by atomic mass is 35.5. The van der Waals surface area contributed by atoms with Gasteiger partial charge in [-0.2, -0.15) is 5.26 Å². The predicted molar refractivity (Wildman–Crippen MR) is 56.5 cm³/mol. The van der Waals surface area contributed by atoms with Gasteiger partial charge in [-0.1, -0.05) is 11.6 Å². The zero-order valence-corrected chi connectivity index (χ0v) is 9.10. The fourth-order valence-electron chi connectivity index (χ4n) is 1.61. The zero-order valence-electron chi connectivity index (χ0n) is 8.34. The van der Waals surface area contributed by atoms with Crippen LogP contribution in [0.2, 0.25) is 5.02 Å². The third-order valence-corrected chi connectivity index (χ3v) is 2.86. The maximum Gasteiger partial charge on any atom is 0.165 e. The number of fused-ring (bicyclic) bond motifs is 1. The second kappa shape index (κ2) is 4.00. The summed E-state index contributed by atoms with van der Waals surface area (Å²) in [5.74, 6) is 1.39. The van der Waals surface area contributed by atoms with E-state index in [1.807, 2.05) is 6.92 Å². The summed E-state index contributed by atoms with van der Waals surface area (Å²) < 4.78 is 10.9. The Labute approximate surface area is 93.2 Å². The third-order valence-electron chi connectivity index (χ3n) is 2.34. The van der Waals surface area contributed by atoms with E-state index >= 15 is 0 Å². The lowest BCUT2D eigenvalue weighted by atomic mass is 10.1. The molecule has 1 aliphatic rings. The molecular formula is C11H10ClNO2. The second-order valence-electron chi connectivity index (χ2n) is 3.33. The van der Waals surface area contributed by atoms with E-state index in [0.717, 1.165) is 11.1 Å².